The van der Waals surface area contributed by atoms with E-state index in [2.05, 4.69) is 0 Å². The van der Waals surface area contributed by atoms with Gasteiger partial charge in [0.15, 0.2) is 0 Å². The molecule has 0 aliphatic carbocycles. The standard InChI is InChI=1S/C9H18F2O3S.Li/c10-7-5-3-1-2-4-6-9(11)8-15(12,13)14;/h9H,1-8H2,(H,12,13,14);/q;+1/p-1. The summed E-state index contributed by atoms with van der Waals surface area (Å²) >= 11 is 0. The largest absolute Gasteiger partial charge is 1.00 e. The Labute approximate surface area is 108 Å². The summed E-state index contributed by atoms with van der Waals surface area (Å²) in [6, 6.07) is 0. The van der Waals surface area contributed by atoms with Gasteiger partial charge in [0.05, 0.1) is 22.5 Å². The molecule has 1 atom stereocenters. The summed E-state index contributed by atoms with van der Waals surface area (Å²) in [5, 5.41) is 0. The van der Waals surface area contributed by atoms with Crippen LogP contribution < -0.4 is 18.9 Å². The van der Waals surface area contributed by atoms with Gasteiger partial charge in [-0.3, -0.25) is 4.39 Å². The van der Waals surface area contributed by atoms with Gasteiger partial charge in [0.25, 0.3) is 0 Å². The molecule has 0 spiro atoms. The molecular weight excluding hydrogens is 233 g/mol. The van der Waals surface area contributed by atoms with Crippen molar-refractivity contribution < 1.29 is 40.6 Å². The van der Waals surface area contributed by atoms with E-state index in [1.807, 2.05) is 0 Å². The third-order valence-electron chi connectivity index (χ3n) is 2.04. The van der Waals surface area contributed by atoms with Gasteiger partial charge in [-0.05, 0) is 12.8 Å². The molecule has 0 saturated carbocycles. The second kappa shape index (κ2) is 10.5. The molecule has 0 bridgehead atoms. The maximum atomic E-state index is 12.8. The number of hydrogen-bond donors (Lipinski definition) is 0. The number of halogens is 2. The van der Waals surface area contributed by atoms with Crippen LogP contribution in [0.4, 0.5) is 8.78 Å². The predicted octanol–water partition coefficient (Wildman–Crippen LogP) is -0.816. The molecule has 0 fully saturated rings. The van der Waals surface area contributed by atoms with Crippen molar-refractivity contribution in [3.63, 3.8) is 0 Å². The summed E-state index contributed by atoms with van der Waals surface area (Å²) in [5.41, 5.74) is 0. The zero-order valence-corrected chi connectivity index (χ0v) is 10.4. The first kappa shape index (κ1) is 18.7. The second-order valence-electron chi connectivity index (χ2n) is 3.57. The van der Waals surface area contributed by atoms with Crippen molar-refractivity contribution in [3.05, 3.63) is 0 Å². The van der Waals surface area contributed by atoms with E-state index in [9.17, 15) is 21.8 Å². The minimum absolute atomic E-state index is 0. The van der Waals surface area contributed by atoms with E-state index in [4.69, 9.17) is 0 Å². The minimum atomic E-state index is -4.45. The molecule has 3 nitrogen and oxygen atoms in total. The fourth-order valence-corrected chi connectivity index (χ4v) is 1.91. The molecular formula is C9H17F2LiO3S. The molecule has 0 rings (SSSR count). The quantitative estimate of drug-likeness (QED) is 0.305. The summed E-state index contributed by atoms with van der Waals surface area (Å²) < 4.78 is 55.0. The molecule has 0 aromatic rings. The molecule has 92 valence electrons. The Hall–Kier alpha value is 0.367. The van der Waals surface area contributed by atoms with Gasteiger partial charge >= 0.3 is 18.9 Å². The zero-order valence-electron chi connectivity index (χ0n) is 9.62. The Bertz CT molecular complexity index is 247. The van der Waals surface area contributed by atoms with Gasteiger partial charge in [0.2, 0.25) is 0 Å². The first-order valence-electron chi connectivity index (χ1n) is 5.09. The van der Waals surface area contributed by atoms with Crippen LogP contribution in [0.15, 0.2) is 0 Å². The molecule has 0 radical (unpaired) electrons. The van der Waals surface area contributed by atoms with E-state index < -0.39 is 22.0 Å². The third-order valence-corrected chi connectivity index (χ3v) is 2.81. The van der Waals surface area contributed by atoms with Crippen LogP contribution >= 0.6 is 0 Å². The molecule has 16 heavy (non-hydrogen) atoms. The van der Waals surface area contributed by atoms with E-state index >= 15 is 0 Å². The second-order valence-corrected chi connectivity index (χ2v) is 5.02. The Morgan fingerprint density at radius 3 is 2.06 bits per heavy atom. The van der Waals surface area contributed by atoms with E-state index in [0.29, 0.717) is 12.8 Å². The van der Waals surface area contributed by atoms with E-state index in [-0.39, 0.29) is 32.0 Å². The molecule has 0 N–H and O–H groups in total. The predicted molar refractivity (Wildman–Crippen MR) is 53.1 cm³/mol. The van der Waals surface area contributed by atoms with Gasteiger partial charge in [-0.25, -0.2) is 12.8 Å². The summed E-state index contributed by atoms with van der Waals surface area (Å²) in [6.45, 7) is -0.333. The van der Waals surface area contributed by atoms with Crippen LogP contribution in [0.5, 0.6) is 0 Å². The van der Waals surface area contributed by atoms with Crippen molar-refractivity contribution in [1.29, 1.82) is 0 Å². The van der Waals surface area contributed by atoms with Crippen molar-refractivity contribution in [3.8, 4) is 0 Å². The van der Waals surface area contributed by atoms with Gasteiger partial charge in [-0.1, -0.05) is 25.7 Å². The molecule has 7 heteroatoms. The van der Waals surface area contributed by atoms with Crippen molar-refractivity contribution in [1.82, 2.24) is 0 Å². The Kier molecular flexibility index (Phi) is 12.3. The summed E-state index contributed by atoms with van der Waals surface area (Å²) in [7, 11) is -4.45. The maximum absolute atomic E-state index is 12.8. The third kappa shape index (κ3) is 14.4. The van der Waals surface area contributed by atoms with Gasteiger partial charge in [-0.2, -0.15) is 0 Å². The van der Waals surface area contributed by atoms with Gasteiger partial charge in [0.1, 0.15) is 6.17 Å². The van der Waals surface area contributed by atoms with Gasteiger partial charge in [0, 0.05) is 0 Å². The maximum Gasteiger partial charge on any atom is 1.00 e. The molecule has 0 aromatic heterocycles. The molecule has 1 unspecified atom stereocenters. The first-order chi connectivity index (χ1) is 6.95. The topological polar surface area (TPSA) is 57.2 Å². The number of hydrogen-bond acceptors (Lipinski definition) is 3. The Morgan fingerprint density at radius 2 is 1.56 bits per heavy atom. The normalized spacial score (nSPS) is 13.2. The van der Waals surface area contributed by atoms with Crippen LogP contribution in [0.25, 0.3) is 0 Å². The van der Waals surface area contributed by atoms with Gasteiger partial charge in [-0.15, -0.1) is 0 Å². The molecule has 0 aliphatic heterocycles. The first-order valence-corrected chi connectivity index (χ1v) is 6.67. The molecule has 0 heterocycles. The molecule has 0 aliphatic rings. The number of rotatable bonds is 9. The molecule has 0 amide bonds. The van der Waals surface area contributed by atoms with Crippen LogP contribution in [-0.2, 0) is 10.1 Å². The molecule has 0 saturated heterocycles. The van der Waals surface area contributed by atoms with Crippen LogP contribution in [0.2, 0.25) is 0 Å². The molecule has 0 aromatic carbocycles. The van der Waals surface area contributed by atoms with E-state index in [1.165, 1.54) is 0 Å². The average Bonchev–Trinajstić information content (AvgIpc) is 2.08. The smallest absolute Gasteiger partial charge is 0.748 e. The average molecular weight is 250 g/mol. The fourth-order valence-electron chi connectivity index (χ4n) is 1.30. The van der Waals surface area contributed by atoms with E-state index in [0.717, 1.165) is 19.3 Å². The minimum Gasteiger partial charge on any atom is -0.748 e. The zero-order chi connectivity index (χ0) is 11.7. The van der Waals surface area contributed by atoms with Crippen molar-refractivity contribution in [2.75, 3.05) is 12.4 Å². The van der Waals surface area contributed by atoms with Crippen molar-refractivity contribution in [2.24, 2.45) is 0 Å². The van der Waals surface area contributed by atoms with Crippen LogP contribution in [0.3, 0.4) is 0 Å². The number of alkyl halides is 2. The summed E-state index contributed by atoms with van der Waals surface area (Å²) in [6.07, 6.45) is 1.94. The van der Waals surface area contributed by atoms with Crippen LogP contribution in [0.1, 0.15) is 38.5 Å². The number of unbranched alkanes of at least 4 members (excludes halogenated alkanes) is 4. The van der Waals surface area contributed by atoms with Crippen molar-refractivity contribution >= 4 is 10.1 Å². The van der Waals surface area contributed by atoms with Crippen molar-refractivity contribution in [2.45, 2.75) is 44.7 Å². The summed E-state index contributed by atoms with van der Waals surface area (Å²) in [4.78, 5) is 0. The Morgan fingerprint density at radius 1 is 1.06 bits per heavy atom. The SMILES string of the molecule is O=S(=O)([O-])CC(F)CCCCCCCF.[Li+]. The summed E-state index contributed by atoms with van der Waals surface area (Å²) in [5.74, 6) is -0.933. The van der Waals surface area contributed by atoms with Crippen LogP contribution in [0, 0.1) is 0 Å². The van der Waals surface area contributed by atoms with Crippen LogP contribution in [-0.4, -0.2) is 31.6 Å². The fraction of sp³-hybridized carbons (Fsp3) is 1.00. The van der Waals surface area contributed by atoms with Gasteiger partial charge < -0.3 is 4.55 Å². The Balaban J connectivity index is 0. The monoisotopic (exact) mass is 250 g/mol. The van der Waals surface area contributed by atoms with E-state index in [1.54, 1.807) is 0 Å².